The number of anilines is 1. The van der Waals surface area contributed by atoms with Gasteiger partial charge in [0.25, 0.3) is 5.91 Å². The average molecular weight is 447 g/mol. The first-order valence-electron chi connectivity index (χ1n) is 10.1. The molecular formula is C23H24F3N3O3. The van der Waals surface area contributed by atoms with Gasteiger partial charge in [0.05, 0.1) is 5.69 Å². The highest BCUT2D eigenvalue weighted by Gasteiger charge is 2.36. The number of amides is 2. The number of likely N-dealkylation sites (tertiary alicyclic amines) is 1. The molecule has 9 heteroatoms. The van der Waals surface area contributed by atoms with E-state index in [-0.39, 0.29) is 17.3 Å². The minimum Gasteiger partial charge on any atom is -0.465 e. The van der Waals surface area contributed by atoms with E-state index in [4.69, 9.17) is 0 Å². The largest absolute Gasteiger partial charge is 0.465 e. The fraction of sp³-hybridized carbons (Fsp3) is 0.348. The lowest BCUT2D eigenvalue weighted by atomic mass is 9.79. The Labute approximate surface area is 183 Å². The molecule has 0 aliphatic carbocycles. The molecule has 1 fully saturated rings. The molecule has 2 amide bonds. The summed E-state index contributed by atoms with van der Waals surface area (Å²) in [6.45, 7) is 6.32. The molecule has 1 saturated heterocycles. The summed E-state index contributed by atoms with van der Waals surface area (Å²) in [5.74, 6) is -4.75. The van der Waals surface area contributed by atoms with Crippen molar-refractivity contribution >= 4 is 23.9 Å². The molecule has 2 aromatic rings. The van der Waals surface area contributed by atoms with Crippen LogP contribution in [-0.4, -0.2) is 39.6 Å². The molecule has 0 radical (unpaired) electrons. The van der Waals surface area contributed by atoms with Crippen LogP contribution in [0.2, 0.25) is 0 Å². The van der Waals surface area contributed by atoms with Crippen LogP contribution < -0.4 is 5.32 Å². The van der Waals surface area contributed by atoms with Crippen molar-refractivity contribution < 1.29 is 27.9 Å². The molecule has 1 aliphatic heterocycles. The monoisotopic (exact) mass is 447 g/mol. The number of carbonyl (C=O) groups is 2. The fourth-order valence-electron chi connectivity index (χ4n) is 3.76. The lowest BCUT2D eigenvalue weighted by Gasteiger charge is -2.42. The number of aromatic nitrogens is 1. The molecule has 3 rings (SSSR count). The van der Waals surface area contributed by atoms with E-state index in [0.717, 1.165) is 5.57 Å². The predicted octanol–water partition coefficient (Wildman–Crippen LogP) is 5.32. The van der Waals surface area contributed by atoms with Crippen molar-refractivity contribution in [3.63, 3.8) is 0 Å². The minimum absolute atomic E-state index is 0.0721. The van der Waals surface area contributed by atoms with E-state index in [2.05, 4.69) is 10.3 Å². The van der Waals surface area contributed by atoms with Crippen LogP contribution in [0.1, 0.15) is 49.7 Å². The number of hydrogen-bond acceptors (Lipinski definition) is 3. The van der Waals surface area contributed by atoms with E-state index < -0.39 is 35.0 Å². The molecule has 0 spiro atoms. The third-order valence-electron chi connectivity index (χ3n) is 5.35. The van der Waals surface area contributed by atoms with Gasteiger partial charge in [-0.2, -0.15) is 0 Å². The van der Waals surface area contributed by atoms with Gasteiger partial charge in [-0.1, -0.05) is 32.4 Å². The number of pyridine rings is 1. The highest BCUT2D eigenvalue weighted by atomic mass is 19.1. The maximum atomic E-state index is 13.9. The molecule has 1 unspecified atom stereocenters. The van der Waals surface area contributed by atoms with Crippen LogP contribution in [0.3, 0.4) is 0 Å². The van der Waals surface area contributed by atoms with Crippen molar-refractivity contribution in [1.82, 2.24) is 9.88 Å². The summed E-state index contributed by atoms with van der Waals surface area (Å²) in [4.78, 5) is 29.6. The quantitative estimate of drug-likeness (QED) is 0.667. The van der Waals surface area contributed by atoms with Gasteiger partial charge in [-0.25, -0.2) is 22.9 Å². The highest BCUT2D eigenvalue weighted by molar-refractivity contribution is 6.04. The number of benzene rings is 1. The normalized spacial score (nSPS) is 18.0. The summed E-state index contributed by atoms with van der Waals surface area (Å²) >= 11 is 0. The van der Waals surface area contributed by atoms with Gasteiger partial charge in [0.15, 0.2) is 0 Å². The maximum absolute atomic E-state index is 13.9. The summed E-state index contributed by atoms with van der Waals surface area (Å²) in [6.07, 6.45) is 1.96. The Bertz CT molecular complexity index is 1060. The van der Waals surface area contributed by atoms with Gasteiger partial charge >= 0.3 is 6.09 Å². The van der Waals surface area contributed by atoms with Crippen molar-refractivity contribution in [2.24, 2.45) is 5.41 Å². The number of nitrogens with one attached hydrogen (secondary N) is 1. The first-order valence-corrected chi connectivity index (χ1v) is 10.1. The average Bonchev–Trinajstić information content (AvgIpc) is 2.66. The molecular weight excluding hydrogens is 423 g/mol. The van der Waals surface area contributed by atoms with Crippen molar-refractivity contribution in [3.8, 4) is 0 Å². The van der Waals surface area contributed by atoms with Crippen LogP contribution in [0.15, 0.2) is 35.9 Å². The van der Waals surface area contributed by atoms with Gasteiger partial charge in [0.2, 0.25) is 0 Å². The van der Waals surface area contributed by atoms with Gasteiger partial charge in [0, 0.05) is 24.7 Å². The molecule has 0 bridgehead atoms. The van der Waals surface area contributed by atoms with Crippen molar-refractivity contribution in [2.45, 2.75) is 39.7 Å². The first-order chi connectivity index (χ1) is 15.0. The Hall–Kier alpha value is -3.36. The number of nitrogens with zero attached hydrogens (tertiary/aromatic N) is 2. The van der Waals surface area contributed by atoms with E-state index in [1.54, 1.807) is 12.1 Å². The molecule has 2 heterocycles. The summed E-state index contributed by atoms with van der Waals surface area (Å²) in [7, 11) is 0. The van der Waals surface area contributed by atoms with E-state index in [1.807, 2.05) is 26.8 Å². The van der Waals surface area contributed by atoms with E-state index in [0.29, 0.717) is 37.2 Å². The van der Waals surface area contributed by atoms with Crippen LogP contribution in [0.5, 0.6) is 0 Å². The van der Waals surface area contributed by atoms with Crippen LogP contribution >= 0.6 is 0 Å². The standard InChI is InChI=1S/C23H24F3N3O3/c1-23(2,3)18-10-13(7-8-29(18)22(31)32)9-15-5-4-6-19(27-15)28-21(30)20-16(25)11-14(24)12-17(20)26/h4-6,9,11-12,18H,7-8,10H2,1-3H3,(H,31,32)(H,27,28,30). The molecule has 1 aromatic carbocycles. The molecule has 1 atom stereocenters. The Kier molecular flexibility index (Phi) is 6.57. The third-order valence-corrected chi connectivity index (χ3v) is 5.35. The maximum Gasteiger partial charge on any atom is 0.407 e. The number of carbonyl (C=O) groups excluding carboxylic acids is 1. The summed E-state index contributed by atoms with van der Waals surface area (Å²) < 4.78 is 40.8. The van der Waals surface area contributed by atoms with E-state index >= 15 is 0 Å². The van der Waals surface area contributed by atoms with Gasteiger partial charge in [0.1, 0.15) is 28.8 Å². The van der Waals surface area contributed by atoms with Gasteiger partial charge < -0.3 is 15.3 Å². The zero-order valence-corrected chi connectivity index (χ0v) is 18.0. The van der Waals surface area contributed by atoms with E-state index in [9.17, 15) is 27.9 Å². The fourth-order valence-corrected chi connectivity index (χ4v) is 3.76. The zero-order chi connectivity index (χ0) is 23.6. The molecule has 32 heavy (non-hydrogen) atoms. The first kappa shape index (κ1) is 23.3. The second kappa shape index (κ2) is 9.02. The second-order valence-electron chi connectivity index (χ2n) is 8.76. The molecule has 0 saturated carbocycles. The van der Waals surface area contributed by atoms with E-state index in [1.165, 1.54) is 11.0 Å². The molecule has 6 nitrogen and oxygen atoms in total. The van der Waals surface area contributed by atoms with Crippen LogP contribution in [-0.2, 0) is 0 Å². The van der Waals surface area contributed by atoms with Gasteiger partial charge in [-0.3, -0.25) is 4.79 Å². The number of carboxylic acid groups (broad SMARTS) is 1. The highest BCUT2D eigenvalue weighted by Crippen LogP contribution is 2.35. The van der Waals surface area contributed by atoms with Crippen molar-refractivity contribution in [1.29, 1.82) is 0 Å². The smallest absolute Gasteiger partial charge is 0.407 e. The summed E-state index contributed by atoms with van der Waals surface area (Å²) in [5.41, 5.74) is 0.360. The predicted molar refractivity (Wildman–Crippen MR) is 114 cm³/mol. The summed E-state index contributed by atoms with van der Waals surface area (Å²) in [6, 6.07) is 5.46. The Morgan fingerprint density at radius 2 is 1.84 bits per heavy atom. The van der Waals surface area contributed by atoms with Gasteiger partial charge in [-0.05, 0) is 36.5 Å². The lowest BCUT2D eigenvalue weighted by Crippen LogP contribution is -2.50. The van der Waals surface area contributed by atoms with Crippen molar-refractivity contribution in [3.05, 3.63) is 64.6 Å². The number of halogens is 3. The molecule has 2 N–H and O–H groups in total. The van der Waals surface area contributed by atoms with Gasteiger partial charge in [-0.15, -0.1) is 0 Å². The second-order valence-corrected chi connectivity index (χ2v) is 8.76. The zero-order valence-electron chi connectivity index (χ0n) is 18.0. The number of piperidine rings is 1. The van der Waals surface area contributed by atoms with Crippen LogP contribution in [0.25, 0.3) is 6.08 Å². The third kappa shape index (κ3) is 5.27. The summed E-state index contributed by atoms with van der Waals surface area (Å²) in [5, 5.41) is 11.8. The molecule has 1 aromatic heterocycles. The Morgan fingerprint density at radius 3 is 2.44 bits per heavy atom. The molecule has 170 valence electrons. The van der Waals surface area contributed by atoms with Crippen LogP contribution in [0.4, 0.5) is 23.8 Å². The molecule has 1 aliphatic rings. The number of rotatable bonds is 3. The van der Waals surface area contributed by atoms with Crippen LogP contribution in [0, 0.1) is 22.9 Å². The Balaban J connectivity index is 1.80. The SMILES string of the molecule is CC(C)(C)C1CC(=Cc2cccc(NC(=O)c3c(F)cc(F)cc3F)n2)CCN1C(=O)O. The Morgan fingerprint density at radius 1 is 1.19 bits per heavy atom. The topological polar surface area (TPSA) is 82.5 Å². The minimum atomic E-state index is -1.31. The van der Waals surface area contributed by atoms with Crippen molar-refractivity contribution in [2.75, 3.05) is 11.9 Å². The number of hydrogen-bond donors (Lipinski definition) is 2. The lowest BCUT2D eigenvalue weighted by molar-refractivity contribution is 0.0724.